The van der Waals surface area contributed by atoms with E-state index in [-0.39, 0.29) is 17.6 Å². The second-order valence-corrected chi connectivity index (χ2v) is 7.44. The van der Waals surface area contributed by atoms with Crippen molar-refractivity contribution < 1.29 is 14.0 Å². The average Bonchev–Trinajstić information content (AvgIpc) is 2.65. The Morgan fingerprint density at radius 3 is 2.27 bits per heavy atom. The number of carbonyl (C=O) groups excluding carboxylic acids is 2. The van der Waals surface area contributed by atoms with Gasteiger partial charge in [0.05, 0.1) is 6.54 Å². The van der Waals surface area contributed by atoms with Crippen molar-refractivity contribution in [1.29, 1.82) is 0 Å². The normalized spacial score (nSPS) is 15.1. The number of halogens is 1. The summed E-state index contributed by atoms with van der Waals surface area (Å²) >= 11 is 1.56. The SMILES string of the molecule is CCN(CC)C(=O)CN1CCN(C(=O)CCSc2ccc(F)cc2)CC1. The molecule has 2 rings (SSSR count). The minimum Gasteiger partial charge on any atom is -0.342 e. The zero-order valence-corrected chi connectivity index (χ0v) is 16.4. The number of nitrogens with zero attached hydrogens (tertiary/aromatic N) is 3. The van der Waals surface area contributed by atoms with Gasteiger partial charge in [0.1, 0.15) is 5.82 Å². The van der Waals surface area contributed by atoms with E-state index in [1.165, 1.54) is 12.1 Å². The Labute approximate surface area is 159 Å². The van der Waals surface area contributed by atoms with Crippen molar-refractivity contribution >= 4 is 23.6 Å². The molecular weight excluding hydrogens is 353 g/mol. The molecule has 0 saturated carbocycles. The molecule has 1 aliphatic heterocycles. The summed E-state index contributed by atoms with van der Waals surface area (Å²) in [5.74, 6) is 0.744. The molecule has 0 aliphatic carbocycles. The summed E-state index contributed by atoms with van der Waals surface area (Å²) < 4.78 is 12.9. The number of hydrogen-bond acceptors (Lipinski definition) is 4. The fourth-order valence-corrected chi connectivity index (χ4v) is 3.81. The van der Waals surface area contributed by atoms with Crippen molar-refractivity contribution in [2.45, 2.75) is 25.2 Å². The van der Waals surface area contributed by atoms with Gasteiger partial charge in [0.2, 0.25) is 11.8 Å². The first-order valence-corrected chi connectivity index (χ1v) is 10.2. The molecule has 0 aromatic heterocycles. The number of piperazine rings is 1. The lowest BCUT2D eigenvalue weighted by molar-refractivity contribution is -0.134. The second-order valence-electron chi connectivity index (χ2n) is 6.28. The fraction of sp³-hybridized carbons (Fsp3) is 0.579. The second kappa shape index (κ2) is 10.5. The lowest BCUT2D eigenvalue weighted by Crippen LogP contribution is -2.51. The molecule has 2 amide bonds. The highest BCUT2D eigenvalue weighted by atomic mass is 32.2. The largest absolute Gasteiger partial charge is 0.342 e. The summed E-state index contributed by atoms with van der Waals surface area (Å²) in [4.78, 5) is 31.3. The first-order valence-electron chi connectivity index (χ1n) is 9.19. The average molecular weight is 382 g/mol. The minimum absolute atomic E-state index is 0.148. The van der Waals surface area contributed by atoms with Gasteiger partial charge in [-0.15, -0.1) is 11.8 Å². The van der Waals surface area contributed by atoms with Crippen LogP contribution in [0.2, 0.25) is 0 Å². The Bertz CT molecular complexity index is 585. The molecular formula is C19H28FN3O2S. The van der Waals surface area contributed by atoms with Gasteiger partial charge in [0, 0.05) is 56.3 Å². The topological polar surface area (TPSA) is 43.9 Å². The fourth-order valence-electron chi connectivity index (χ4n) is 2.97. The van der Waals surface area contributed by atoms with Crippen molar-refractivity contribution in [3.05, 3.63) is 30.1 Å². The van der Waals surface area contributed by atoms with Crippen LogP contribution >= 0.6 is 11.8 Å². The lowest BCUT2D eigenvalue weighted by atomic mass is 10.2. The molecule has 144 valence electrons. The summed E-state index contributed by atoms with van der Waals surface area (Å²) in [6.45, 7) is 8.71. The third-order valence-corrected chi connectivity index (χ3v) is 5.61. The number of carbonyl (C=O) groups is 2. The van der Waals surface area contributed by atoms with Crippen molar-refractivity contribution in [3.8, 4) is 0 Å². The minimum atomic E-state index is -0.247. The molecule has 0 spiro atoms. The molecule has 26 heavy (non-hydrogen) atoms. The van der Waals surface area contributed by atoms with Crippen molar-refractivity contribution in [1.82, 2.24) is 14.7 Å². The Morgan fingerprint density at radius 1 is 1.08 bits per heavy atom. The molecule has 1 aliphatic rings. The van der Waals surface area contributed by atoms with Crippen LogP contribution in [0.3, 0.4) is 0 Å². The van der Waals surface area contributed by atoms with Gasteiger partial charge in [0.25, 0.3) is 0 Å². The van der Waals surface area contributed by atoms with Gasteiger partial charge in [-0.1, -0.05) is 0 Å². The van der Waals surface area contributed by atoms with Crippen LogP contribution in [-0.4, -0.2) is 78.1 Å². The number of thioether (sulfide) groups is 1. The molecule has 7 heteroatoms. The highest BCUT2D eigenvalue weighted by Crippen LogP contribution is 2.19. The zero-order chi connectivity index (χ0) is 18.9. The van der Waals surface area contributed by atoms with E-state index in [1.54, 1.807) is 23.9 Å². The Hall–Kier alpha value is -1.60. The van der Waals surface area contributed by atoms with E-state index in [4.69, 9.17) is 0 Å². The van der Waals surface area contributed by atoms with Crippen molar-refractivity contribution in [3.63, 3.8) is 0 Å². The zero-order valence-electron chi connectivity index (χ0n) is 15.6. The third kappa shape index (κ3) is 6.29. The molecule has 0 N–H and O–H groups in total. The van der Waals surface area contributed by atoms with E-state index < -0.39 is 0 Å². The number of rotatable bonds is 8. The maximum absolute atomic E-state index is 12.9. The molecule has 0 radical (unpaired) electrons. The monoisotopic (exact) mass is 381 g/mol. The quantitative estimate of drug-likeness (QED) is 0.649. The van der Waals surface area contributed by atoms with Crippen LogP contribution in [0.4, 0.5) is 4.39 Å². The summed E-state index contributed by atoms with van der Waals surface area (Å²) in [6, 6.07) is 6.33. The summed E-state index contributed by atoms with van der Waals surface area (Å²) in [6.07, 6.45) is 0.473. The molecule has 1 heterocycles. The van der Waals surface area contributed by atoms with E-state index in [0.717, 1.165) is 31.1 Å². The molecule has 1 saturated heterocycles. The summed E-state index contributed by atoms with van der Waals surface area (Å²) in [5, 5.41) is 0. The summed E-state index contributed by atoms with van der Waals surface area (Å²) in [5.41, 5.74) is 0. The molecule has 1 fully saturated rings. The maximum Gasteiger partial charge on any atom is 0.236 e. The summed E-state index contributed by atoms with van der Waals surface area (Å²) in [7, 11) is 0. The molecule has 1 aromatic rings. The molecule has 1 aromatic carbocycles. The highest BCUT2D eigenvalue weighted by Gasteiger charge is 2.23. The van der Waals surface area contributed by atoms with Gasteiger partial charge < -0.3 is 9.80 Å². The van der Waals surface area contributed by atoms with Crippen LogP contribution < -0.4 is 0 Å². The molecule has 0 atom stereocenters. The van der Waals surface area contributed by atoms with E-state index in [2.05, 4.69) is 4.90 Å². The molecule has 0 bridgehead atoms. The van der Waals surface area contributed by atoms with Gasteiger partial charge in [0.15, 0.2) is 0 Å². The number of benzene rings is 1. The van der Waals surface area contributed by atoms with Gasteiger partial charge >= 0.3 is 0 Å². The Kier molecular flexibility index (Phi) is 8.38. The van der Waals surface area contributed by atoms with E-state index in [1.807, 2.05) is 23.6 Å². The predicted octanol–water partition coefficient (Wildman–Crippen LogP) is 2.32. The smallest absolute Gasteiger partial charge is 0.236 e. The van der Waals surface area contributed by atoms with Crippen LogP contribution in [0.25, 0.3) is 0 Å². The number of likely N-dealkylation sites (N-methyl/N-ethyl adjacent to an activating group) is 1. The van der Waals surface area contributed by atoms with Gasteiger partial charge in [-0.3, -0.25) is 14.5 Å². The predicted molar refractivity (Wildman–Crippen MR) is 103 cm³/mol. The first kappa shape index (κ1) is 20.7. The van der Waals surface area contributed by atoms with Gasteiger partial charge in [-0.25, -0.2) is 4.39 Å². The molecule has 5 nitrogen and oxygen atoms in total. The number of hydrogen-bond donors (Lipinski definition) is 0. The van der Waals surface area contributed by atoms with Crippen LogP contribution in [0.15, 0.2) is 29.2 Å². The first-order chi connectivity index (χ1) is 12.5. The lowest BCUT2D eigenvalue weighted by Gasteiger charge is -2.35. The third-order valence-electron chi connectivity index (χ3n) is 4.60. The van der Waals surface area contributed by atoms with Crippen molar-refractivity contribution in [2.24, 2.45) is 0 Å². The Morgan fingerprint density at radius 2 is 1.69 bits per heavy atom. The van der Waals surface area contributed by atoms with E-state index in [0.29, 0.717) is 31.8 Å². The van der Waals surface area contributed by atoms with Gasteiger partial charge in [-0.2, -0.15) is 0 Å². The van der Waals surface area contributed by atoms with Crippen LogP contribution in [-0.2, 0) is 9.59 Å². The van der Waals surface area contributed by atoms with Crippen molar-refractivity contribution in [2.75, 3.05) is 51.6 Å². The van der Waals surface area contributed by atoms with E-state index in [9.17, 15) is 14.0 Å². The Balaban J connectivity index is 1.67. The standard InChI is InChI=1S/C19H28FN3O2S/c1-3-22(4-2)19(25)15-21-10-12-23(13-11-21)18(24)9-14-26-17-7-5-16(20)6-8-17/h5-8H,3-4,9-15H2,1-2H3. The van der Waals surface area contributed by atoms with Crippen LogP contribution in [0.5, 0.6) is 0 Å². The van der Waals surface area contributed by atoms with Crippen LogP contribution in [0.1, 0.15) is 20.3 Å². The van der Waals surface area contributed by atoms with Crippen LogP contribution in [0, 0.1) is 5.82 Å². The number of amides is 2. The molecule has 0 unspecified atom stereocenters. The van der Waals surface area contributed by atoms with E-state index >= 15 is 0 Å². The highest BCUT2D eigenvalue weighted by molar-refractivity contribution is 7.99. The van der Waals surface area contributed by atoms with Gasteiger partial charge in [-0.05, 0) is 38.1 Å². The maximum atomic E-state index is 12.9.